The lowest BCUT2D eigenvalue weighted by Gasteiger charge is -2.36. The molecule has 0 radical (unpaired) electrons. The van der Waals surface area contributed by atoms with E-state index in [1.165, 1.54) is 37.7 Å². The van der Waals surface area contributed by atoms with Gasteiger partial charge in [-0.1, -0.05) is 17.7 Å². The van der Waals surface area contributed by atoms with Crippen LogP contribution in [-0.4, -0.2) is 117 Å². The largest absolute Gasteiger partial charge is 0.494 e. The normalized spacial score (nSPS) is 15.4. The number of furan rings is 2. The van der Waals surface area contributed by atoms with E-state index in [1.807, 2.05) is 30.5 Å². The van der Waals surface area contributed by atoms with Crippen LogP contribution in [0.25, 0.3) is 56.8 Å². The molecule has 2 aliphatic carbocycles. The van der Waals surface area contributed by atoms with E-state index in [4.69, 9.17) is 34.2 Å². The predicted molar refractivity (Wildman–Crippen MR) is 281 cm³/mol. The van der Waals surface area contributed by atoms with Gasteiger partial charge in [0.2, 0.25) is 23.5 Å². The molecule has 0 atom stereocenters. The quantitative estimate of drug-likeness (QED) is 0.114. The number of imidazole rings is 2. The highest BCUT2D eigenvalue weighted by molar-refractivity contribution is 7.86. The monoisotopic (exact) mass is 1050 g/mol. The number of ether oxygens (including phenoxy) is 1. The van der Waals surface area contributed by atoms with Crippen LogP contribution in [0.5, 0.6) is 5.75 Å². The SMILES string of the molecule is CCOc1ccc(N2CCN(CCn3c(=O)n(CC4CC4)c4c3nc(N)n3nc(-c5ccco5)nc43)CC2)cc1.Cc1ccc(S(=O)(=O)OCCn2c(=O)n(CC3CC3)c3c2nc(N)n2nc(-c4ccco4)nc32)cc1. The van der Waals surface area contributed by atoms with Crippen molar-refractivity contribution in [2.75, 3.05) is 62.3 Å². The molecule has 1 saturated heterocycles. The number of nitrogens with zero attached hydrogens (tertiary/aromatic N) is 14. The van der Waals surface area contributed by atoms with Gasteiger partial charge in [0, 0.05) is 58.0 Å². The van der Waals surface area contributed by atoms with Gasteiger partial charge in [-0.3, -0.25) is 27.4 Å². The van der Waals surface area contributed by atoms with Gasteiger partial charge < -0.3 is 29.9 Å². The fourth-order valence-electron chi connectivity index (χ4n) is 9.67. The van der Waals surface area contributed by atoms with Gasteiger partial charge in [0.15, 0.2) is 34.1 Å². The summed E-state index contributed by atoms with van der Waals surface area (Å²) in [5.74, 6) is 3.71. The average Bonchev–Trinajstić information content (AvgIpc) is 4.00. The predicted octanol–water partition coefficient (Wildman–Crippen LogP) is 4.92. The first-order valence-corrected chi connectivity index (χ1v) is 26.9. The van der Waals surface area contributed by atoms with E-state index in [2.05, 4.69) is 47.1 Å². The van der Waals surface area contributed by atoms with Gasteiger partial charge in [0.05, 0.1) is 37.2 Å². The molecule has 24 nitrogen and oxygen atoms in total. The fraction of sp³-hybridized carbons (Fsp3) is 0.373. The van der Waals surface area contributed by atoms with Gasteiger partial charge in [0.1, 0.15) is 16.8 Å². The Morgan fingerprint density at radius 1 is 0.632 bits per heavy atom. The lowest BCUT2D eigenvalue weighted by molar-refractivity contribution is 0.247. The van der Waals surface area contributed by atoms with Crippen molar-refractivity contribution in [1.82, 2.24) is 62.3 Å². The summed E-state index contributed by atoms with van der Waals surface area (Å²) in [5, 5.41) is 8.93. The summed E-state index contributed by atoms with van der Waals surface area (Å²) >= 11 is 0. The summed E-state index contributed by atoms with van der Waals surface area (Å²) in [6.07, 6.45) is 7.40. The number of benzene rings is 2. The summed E-state index contributed by atoms with van der Waals surface area (Å²) in [4.78, 5) is 50.5. The molecule has 394 valence electrons. The van der Waals surface area contributed by atoms with Crippen molar-refractivity contribution in [1.29, 1.82) is 0 Å². The van der Waals surface area contributed by atoms with Gasteiger partial charge in [-0.05, 0) is 112 Å². The van der Waals surface area contributed by atoms with Crippen molar-refractivity contribution in [3.8, 4) is 28.9 Å². The maximum atomic E-state index is 13.8. The van der Waals surface area contributed by atoms with Crippen LogP contribution in [0.1, 0.15) is 38.2 Å². The molecule has 0 amide bonds. The maximum Gasteiger partial charge on any atom is 0.330 e. The molecule has 2 saturated carbocycles. The smallest absolute Gasteiger partial charge is 0.330 e. The Morgan fingerprint density at radius 3 is 1.64 bits per heavy atom. The van der Waals surface area contributed by atoms with Gasteiger partial charge >= 0.3 is 11.4 Å². The average molecular weight is 1050 g/mol. The summed E-state index contributed by atoms with van der Waals surface area (Å²) < 4.78 is 56.4. The second-order valence-electron chi connectivity index (χ2n) is 19.4. The lowest BCUT2D eigenvalue weighted by atomic mass is 10.2. The van der Waals surface area contributed by atoms with E-state index in [9.17, 15) is 18.0 Å². The number of nitrogens with two attached hydrogens (primary N) is 2. The van der Waals surface area contributed by atoms with E-state index >= 15 is 0 Å². The molecule has 0 spiro atoms. The third-order valence-corrected chi connectivity index (χ3v) is 15.4. The highest BCUT2D eigenvalue weighted by Crippen LogP contribution is 2.34. The number of hydrogen-bond acceptors (Lipinski definition) is 18. The third-order valence-electron chi connectivity index (χ3n) is 14.1. The lowest BCUT2D eigenvalue weighted by Crippen LogP contribution is -2.47. The van der Waals surface area contributed by atoms with E-state index in [0.717, 1.165) is 69.7 Å². The van der Waals surface area contributed by atoms with Crippen molar-refractivity contribution < 1.29 is 26.2 Å². The number of fused-ring (bicyclic) bond motifs is 6. The second-order valence-corrected chi connectivity index (χ2v) is 21.0. The van der Waals surface area contributed by atoms with Crippen molar-refractivity contribution in [3.63, 3.8) is 0 Å². The van der Waals surface area contributed by atoms with Gasteiger partial charge in [-0.25, -0.2) is 19.6 Å². The molecule has 0 bridgehead atoms. The Labute approximate surface area is 433 Å². The van der Waals surface area contributed by atoms with Crippen LogP contribution >= 0.6 is 0 Å². The molecule has 10 aromatic rings. The highest BCUT2D eigenvalue weighted by atomic mass is 32.2. The molecule has 3 fully saturated rings. The Bertz CT molecular complexity index is 3950. The molecular weight excluding hydrogens is 997 g/mol. The van der Waals surface area contributed by atoms with E-state index < -0.39 is 10.1 Å². The van der Waals surface area contributed by atoms with Crippen LogP contribution < -0.4 is 32.5 Å². The zero-order valence-corrected chi connectivity index (χ0v) is 42.8. The summed E-state index contributed by atoms with van der Waals surface area (Å²) in [5.41, 5.74) is 17.1. The molecule has 8 aromatic heterocycles. The van der Waals surface area contributed by atoms with Crippen LogP contribution in [-0.2, 0) is 40.5 Å². The number of anilines is 3. The van der Waals surface area contributed by atoms with Crippen molar-refractivity contribution in [3.05, 3.63) is 112 Å². The van der Waals surface area contributed by atoms with Crippen LogP contribution in [0.4, 0.5) is 17.6 Å². The number of aryl methyl sites for hydroxylation is 1. The Balaban J connectivity index is 0.000000154. The first-order valence-electron chi connectivity index (χ1n) is 25.4. The number of piperazine rings is 1. The van der Waals surface area contributed by atoms with Crippen molar-refractivity contribution in [2.24, 2.45) is 11.8 Å². The van der Waals surface area contributed by atoms with Crippen molar-refractivity contribution in [2.45, 2.75) is 70.6 Å². The van der Waals surface area contributed by atoms with Crippen LogP contribution in [0, 0.1) is 18.8 Å². The molecule has 4 N–H and O–H groups in total. The molecule has 25 heteroatoms. The molecule has 1 aliphatic heterocycles. The van der Waals surface area contributed by atoms with Crippen LogP contribution in [0.15, 0.2) is 109 Å². The van der Waals surface area contributed by atoms with E-state index in [-0.39, 0.29) is 41.3 Å². The Kier molecular flexibility index (Phi) is 12.7. The topological polar surface area (TPSA) is 277 Å². The highest BCUT2D eigenvalue weighted by Gasteiger charge is 2.31. The standard InChI is InChI=1S/C28H33N9O3.C23H23N7O5S/c1-2-39-21-9-7-20(8-10-21)34-14-11-33(12-15-34)13-16-35-25-23(36(28(35)38)18-19-5-6-19)26-30-24(22-4-3-17-40-22)32-37(26)27(29)31-25;1-14-4-8-16(9-5-14)36(32,33)35-12-10-28-20-18(29(23(28)31)13-15-6-7-15)21-25-19(17-3-2-11-34-17)27-30(21)22(24)26-20/h3-4,7-10,17,19H,2,5-6,11-16,18H2,1H3,(H2,29,31);2-5,8-9,11,15H,6-7,10,12-13H2,1H3,(H2,24,26). The molecule has 13 rings (SSSR count). The van der Waals surface area contributed by atoms with E-state index in [1.54, 1.807) is 51.8 Å². The summed E-state index contributed by atoms with van der Waals surface area (Å²) in [6, 6.07) is 21.7. The second kappa shape index (κ2) is 19.8. The van der Waals surface area contributed by atoms with E-state index in [0.29, 0.717) is 94.9 Å². The minimum atomic E-state index is -3.98. The summed E-state index contributed by atoms with van der Waals surface area (Å²) in [7, 11) is -3.98. The number of nitrogen functional groups attached to an aromatic ring is 2. The Hall–Kier alpha value is -8.29. The van der Waals surface area contributed by atoms with Gasteiger partial charge in [0.25, 0.3) is 10.1 Å². The Morgan fingerprint density at radius 2 is 1.16 bits per heavy atom. The third kappa shape index (κ3) is 9.44. The molecule has 9 heterocycles. The molecule has 76 heavy (non-hydrogen) atoms. The molecule has 3 aliphatic rings. The first kappa shape index (κ1) is 48.6. The van der Waals surface area contributed by atoms with Gasteiger partial charge in [-0.15, -0.1) is 10.2 Å². The number of rotatable bonds is 17. The zero-order chi connectivity index (χ0) is 52.2. The van der Waals surface area contributed by atoms with Crippen molar-refractivity contribution >= 4 is 61.3 Å². The summed E-state index contributed by atoms with van der Waals surface area (Å²) in [6.45, 7) is 10.3. The number of hydrogen-bond donors (Lipinski definition) is 2. The maximum absolute atomic E-state index is 13.8. The van der Waals surface area contributed by atoms with Gasteiger partial charge in [-0.2, -0.15) is 27.4 Å². The zero-order valence-electron chi connectivity index (χ0n) is 41.9. The first-order chi connectivity index (χ1) is 36.9. The number of aromatic nitrogens is 12. The van der Waals surface area contributed by atoms with Crippen LogP contribution in [0.2, 0.25) is 0 Å². The molecular formula is C51H56N16O8S. The van der Waals surface area contributed by atoms with Crippen LogP contribution in [0.3, 0.4) is 0 Å². The molecule has 2 aromatic carbocycles. The molecule has 0 unspecified atom stereocenters. The minimum absolute atomic E-state index is 0.0355. The fourth-order valence-corrected chi connectivity index (χ4v) is 10.6. The minimum Gasteiger partial charge on any atom is -0.494 e.